The van der Waals surface area contributed by atoms with Crippen LogP contribution in [0.3, 0.4) is 0 Å². The Labute approximate surface area is 163 Å². The third-order valence-corrected chi connectivity index (χ3v) is 5.05. The quantitative estimate of drug-likeness (QED) is 0.504. The van der Waals surface area contributed by atoms with E-state index in [0.29, 0.717) is 5.56 Å². The van der Waals surface area contributed by atoms with Gasteiger partial charge in [-0.15, -0.1) is 0 Å². The number of nitrogens with one attached hydrogen (secondary N) is 1. The Morgan fingerprint density at radius 2 is 2.07 bits per heavy atom. The zero-order valence-corrected chi connectivity index (χ0v) is 15.5. The standard InChI is InChI=1S/C19H16N6O2S/c20-7-5-17(14-3-1-13(2-4-14)11-28(26)27)25-10-15(9-24-25)18-16-6-8-21-19(16)23-12-22-18/h1-4,6,8-10,12,17H,5,11H2,(H,26,27)(H,21,22,23)/p-1. The first-order valence-electron chi connectivity index (χ1n) is 8.50. The summed E-state index contributed by atoms with van der Waals surface area (Å²) in [7, 11) is 0. The number of aromatic nitrogens is 5. The van der Waals surface area contributed by atoms with Crippen molar-refractivity contribution in [2.24, 2.45) is 0 Å². The Balaban J connectivity index is 1.67. The molecule has 28 heavy (non-hydrogen) atoms. The molecule has 4 rings (SSSR count). The summed E-state index contributed by atoms with van der Waals surface area (Å²) < 4.78 is 23.4. The number of benzene rings is 1. The molecule has 8 nitrogen and oxygen atoms in total. The van der Waals surface area contributed by atoms with E-state index in [1.54, 1.807) is 23.0 Å². The predicted octanol–water partition coefficient (Wildman–Crippen LogP) is 2.70. The Hall–Kier alpha value is -3.35. The van der Waals surface area contributed by atoms with E-state index in [2.05, 4.69) is 26.1 Å². The summed E-state index contributed by atoms with van der Waals surface area (Å²) in [4.78, 5) is 11.6. The Morgan fingerprint density at radius 1 is 1.25 bits per heavy atom. The Morgan fingerprint density at radius 3 is 2.82 bits per heavy atom. The molecule has 1 N–H and O–H groups in total. The first-order valence-corrected chi connectivity index (χ1v) is 9.74. The largest absolute Gasteiger partial charge is 0.772 e. The van der Waals surface area contributed by atoms with Crippen molar-refractivity contribution in [2.45, 2.75) is 18.2 Å². The summed E-state index contributed by atoms with van der Waals surface area (Å²) in [5.74, 6) is -0.0323. The minimum atomic E-state index is -2.13. The van der Waals surface area contributed by atoms with Crippen LogP contribution in [0.4, 0.5) is 0 Å². The summed E-state index contributed by atoms with van der Waals surface area (Å²) in [6.07, 6.45) is 7.11. The average molecular weight is 391 g/mol. The van der Waals surface area contributed by atoms with Crippen molar-refractivity contribution in [3.8, 4) is 17.3 Å². The zero-order valence-electron chi connectivity index (χ0n) is 14.6. The normalized spacial score (nSPS) is 13.3. The smallest absolute Gasteiger partial charge is 0.141 e. The minimum absolute atomic E-state index is 0.0323. The highest BCUT2D eigenvalue weighted by molar-refractivity contribution is 7.78. The van der Waals surface area contributed by atoms with Crippen molar-refractivity contribution in [1.82, 2.24) is 24.7 Å². The van der Waals surface area contributed by atoms with Gasteiger partial charge in [0.05, 0.1) is 30.4 Å². The van der Waals surface area contributed by atoms with Gasteiger partial charge in [0.15, 0.2) is 0 Å². The van der Waals surface area contributed by atoms with Crippen LogP contribution in [0, 0.1) is 11.3 Å². The summed E-state index contributed by atoms with van der Waals surface area (Å²) in [5.41, 5.74) is 3.92. The van der Waals surface area contributed by atoms with Crippen molar-refractivity contribution >= 4 is 22.1 Å². The van der Waals surface area contributed by atoms with Crippen LogP contribution in [0.1, 0.15) is 23.6 Å². The second-order valence-electron chi connectivity index (χ2n) is 6.24. The van der Waals surface area contributed by atoms with Crippen LogP contribution in [0.2, 0.25) is 0 Å². The molecule has 0 amide bonds. The Kier molecular flexibility index (Phi) is 4.97. The fraction of sp³-hybridized carbons (Fsp3) is 0.158. The van der Waals surface area contributed by atoms with Gasteiger partial charge in [-0.3, -0.25) is 8.89 Å². The van der Waals surface area contributed by atoms with E-state index in [1.807, 2.05) is 30.6 Å². The SMILES string of the molecule is N#CCC(c1ccc(CS(=O)[O-])cc1)n1cc(-c2ncnc3[nH]ccc23)cn1. The van der Waals surface area contributed by atoms with Gasteiger partial charge in [-0.25, -0.2) is 9.97 Å². The zero-order chi connectivity index (χ0) is 19.5. The molecule has 0 saturated heterocycles. The minimum Gasteiger partial charge on any atom is -0.772 e. The molecule has 0 aliphatic rings. The molecule has 4 aromatic rings. The van der Waals surface area contributed by atoms with Gasteiger partial charge in [-0.05, 0) is 17.2 Å². The van der Waals surface area contributed by atoms with Gasteiger partial charge in [0, 0.05) is 29.1 Å². The number of fused-ring (bicyclic) bond motifs is 1. The van der Waals surface area contributed by atoms with Crippen LogP contribution in [0.15, 0.2) is 55.2 Å². The van der Waals surface area contributed by atoms with Crippen molar-refractivity contribution in [2.75, 3.05) is 0 Å². The fourth-order valence-corrected chi connectivity index (χ4v) is 3.62. The van der Waals surface area contributed by atoms with E-state index in [0.717, 1.165) is 27.9 Å². The lowest BCUT2D eigenvalue weighted by molar-refractivity contribution is 0.532. The lowest BCUT2D eigenvalue weighted by Crippen LogP contribution is -2.10. The molecule has 2 atom stereocenters. The predicted molar refractivity (Wildman–Crippen MR) is 103 cm³/mol. The molecular formula is C19H15N6O2S-. The molecule has 0 aliphatic heterocycles. The topological polar surface area (TPSA) is 123 Å². The van der Waals surface area contributed by atoms with Gasteiger partial charge in [0.25, 0.3) is 0 Å². The van der Waals surface area contributed by atoms with Crippen LogP contribution < -0.4 is 0 Å². The van der Waals surface area contributed by atoms with Crippen LogP contribution in [-0.2, 0) is 16.8 Å². The number of H-pyrrole nitrogens is 1. The second kappa shape index (κ2) is 7.72. The lowest BCUT2D eigenvalue weighted by atomic mass is 10.0. The molecule has 0 bridgehead atoms. The number of rotatable bonds is 6. The molecule has 0 radical (unpaired) electrons. The Bertz CT molecular complexity index is 1180. The highest BCUT2D eigenvalue weighted by Crippen LogP contribution is 2.28. The molecule has 1 aromatic carbocycles. The number of nitriles is 1. The first-order chi connectivity index (χ1) is 13.7. The van der Waals surface area contributed by atoms with Crippen LogP contribution in [0.25, 0.3) is 22.3 Å². The molecule has 0 fully saturated rings. The summed E-state index contributed by atoms with van der Waals surface area (Å²) in [5, 5.41) is 14.6. The molecule has 140 valence electrons. The van der Waals surface area contributed by atoms with Gasteiger partial charge in [0.2, 0.25) is 0 Å². The first kappa shape index (κ1) is 18.0. The molecule has 9 heteroatoms. The number of nitrogens with zero attached hydrogens (tertiary/aromatic N) is 5. The summed E-state index contributed by atoms with van der Waals surface area (Å²) >= 11 is -2.13. The number of hydrogen-bond acceptors (Lipinski definition) is 6. The highest BCUT2D eigenvalue weighted by atomic mass is 32.2. The molecule has 0 saturated carbocycles. The maximum atomic E-state index is 10.9. The van der Waals surface area contributed by atoms with E-state index in [1.165, 1.54) is 6.33 Å². The molecule has 0 spiro atoms. The van der Waals surface area contributed by atoms with Crippen LogP contribution in [0.5, 0.6) is 0 Å². The second-order valence-corrected chi connectivity index (χ2v) is 7.14. The van der Waals surface area contributed by atoms with Gasteiger partial charge in [-0.1, -0.05) is 35.3 Å². The van der Waals surface area contributed by atoms with E-state index < -0.39 is 11.1 Å². The maximum absolute atomic E-state index is 10.9. The van der Waals surface area contributed by atoms with Crippen molar-refractivity contribution in [3.63, 3.8) is 0 Å². The van der Waals surface area contributed by atoms with Crippen molar-refractivity contribution < 1.29 is 8.76 Å². The number of aromatic amines is 1. The third kappa shape index (κ3) is 3.55. The third-order valence-electron chi connectivity index (χ3n) is 4.48. The molecule has 2 unspecified atom stereocenters. The van der Waals surface area contributed by atoms with Crippen LogP contribution in [-0.4, -0.2) is 33.5 Å². The average Bonchev–Trinajstić information content (AvgIpc) is 3.36. The van der Waals surface area contributed by atoms with Crippen LogP contribution >= 0.6 is 0 Å². The molecule has 3 heterocycles. The number of hydrogen-bond donors (Lipinski definition) is 1. The van der Waals surface area contributed by atoms with Gasteiger partial charge >= 0.3 is 0 Å². The van der Waals surface area contributed by atoms with E-state index in [-0.39, 0.29) is 18.2 Å². The maximum Gasteiger partial charge on any atom is 0.141 e. The van der Waals surface area contributed by atoms with E-state index in [4.69, 9.17) is 0 Å². The van der Waals surface area contributed by atoms with Crippen molar-refractivity contribution in [1.29, 1.82) is 5.26 Å². The lowest BCUT2D eigenvalue weighted by Gasteiger charge is -2.15. The van der Waals surface area contributed by atoms with Gasteiger partial charge in [-0.2, -0.15) is 10.4 Å². The summed E-state index contributed by atoms with van der Waals surface area (Å²) in [6, 6.07) is 11.0. The van der Waals surface area contributed by atoms with E-state index >= 15 is 0 Å². The molecule has 0 aliphatic carbocycles. The highest BCUT2D eigenvalue weighted by Gasteiger charge is 2.17. The molecule has 3 aromatic heterocycles. The summed E-state index contributed by atoms with van der Waals surface area (Å²) in [6.45, 7) is 0. The van der Waals surface area contributed by atoms with Crippen molar-refractivity contribution in [3.05, 3.63) is 66.4 Å². The van der Waals surface area contributed by atoms with E-state index in [9.17, 15) is 14.0 Å². The van der Waals surface area contributed by atoms with Gasteiger partial charge < -0.3 is 9.54 Å². The van der Waals surface area contributed by atoms with Gasteiger partial charge in [0.1, 0.15) is 12.0 Å². The molecular weight excluding hydrogens is 376 g/mol. The monoisotopic (exact) mass is 391 g/mol. The fourth-order valence-electron chi connectivity index (χ4n) is 3.16.